The molecule has 0 radical (unpaired) electrons. The van der Waals surface area contributed by atoms with Gasteiger partial charge in [0, 0.05) is 43.1 Å². The van der Waals surface area contributed by atoms with Gasteiger partial charge in [-0.3, -0.25) is 9.69 Å². The average molecular weight is 351 g/mol. The van der Waals surface area contributed by atoms with Crippen LogP contribution in [0.15, 0.2) is 36.4 Å². The molecule has 1 aromatic heterocycles. The van der Waals surface area contributed by atoms with Crippen LogP contribution in [-0.4, -0.2) is 34.5 Å². The third-order valence-electron chi connectivity index (χ3n) is 5.81. The molecule has 1 amide bonds. The molecule has 138 valence electrons. The topological polar surface area (TPSA) is 37.3 Å². The second kappa shape index (κ2) is 7.28. The number of hydrogen-bond donors (Lipinski definition) is 1. The van der Waals surface area contributed by atoms with Crippen molar-refractivity contribution in [2.45, 2.75) is 58.2 Å². The maximum absolute atomic E-state index is 12.8. The highest BCUT2D eigenvalue weighted by Crippen LogP contribution is 2.38. The summed E-state index contributed by atoms with van der Waals surface area (Å²) >= 11 is 0. The third-order valence-corrected chi connectivity index (χ3v) is 5.81. The van der Waals surface area contributed by atoms with Crippen LogP contribution < -0.4 is 5.32 Å². The molecule has 1 saturated heterocycles. The summed E-state index contributed by atoms with van der Waals surface area (Å²) in [7, 11) is 0. The van der Waals surface area contributed by atoms with Crippen molar-refractivity contribution >= 4 is 5.91 Å². The number of piperidine rings is 1. The normalized spacial score (nSPS) is 18.8. The molecule has 4 nitrogen and oxygen atoms in total. The Morgan fingerprint density at radius 1 is 1.08 bits per heavy atom. The second-order valence-electron chi connectivity index (χ2n) is 7.90. The standard InChI is InChI=1S/C22H29N3O/c1-16-14-21(17(2)25(16)20-8-9-20)22(26)23-19-10-12-24(13-11-19)15-18-6-4-3-5-7-18/h3-7,14,19-20H,8-13,15H2,1-2H3,(H,23,26). The fraction of sp³-hybridized carbons (Fsp3) is 0.500. The zero-order valence-electron chi connectivity index (χ0n) is 15.9. The van der Waals surface area contributed by atoms with E-state index in [-0.39, 0.29) is 5.91 Å². The smallest absolute Gasteiger partial charge is 0.253 e. The Morgan fingerprint density at radius 2 is 1.77 bits per heavy atom. The van der Waals surface area contributed by atoms with Crippen molar-refractivity contribution in [2.75, 3.05) is 13.1 Å². The van der Waals surface area contributed by atoms with Crippen LogP contribution in [0.1, 0.15) is 59.0 Å². The van der Waals surface area contributed by atoms with Gasteiger partial charge in [0.15, 0.2) is 0 Å². The number of benzene rings is 1. The van der Waals surface area contributed by atoms with Crippen molar-refractivity contribution in [3.05, 3.63) is 58.9 Å². The largest absolute Gasteiger partial charge is 0.349 e. The quantitative estimate of drug-likeness (QED) is 0.889. The summed E-state index contributed by atoms with van der Waals surface area (Å²) in [4.78, 5) is 15.3. The summed E-state index contributed by atoms with van der Waals surface area (Å²) in [5.41, 5.74) is 4.57. The number of nitrogens with one attached hydrogen (secondary N) is 1. The lowest BCUT2D eigenvalue weighted by atomic mass is 10.0. The van der Waals surface area contributed by atoms with E-state index >= 15 is 0 Å². The van der Waals surface area contributed by atoms with Crippen LogP contribution in [0.2, 0.25) is 0 Å². The number of carbonyl (C=O) groups excluding carboxylic acids is 1. The summed E-state index contributed by atoms with van der Waals surface area (Å²) in [6, 6.07) is 13.6. The minimum absolute atomic E-state index is 0.103. The molecule has 0 spiro atoms. The summed E-state index contributed by atoms with van der Waals surface area (Å²) < 4.78 is 2.34. The van der Waals surface area contributed by atoms with Gasteiger partial charge in [-0.15, -0.1) is 0 Å². The number of likely N-dealkylation sites (tertiary alicyclic amines) is 1. The number of nitrogens with zero attached hydrogens (tertiary/aromatic N) is 2. The number of aryl methyl sites for hydroxylation is 1. The maximum atomic E-state index is 12.8. The number of hydrogen-bond acceptors (Lipinski definition) is 2. The zero-order chi connectivity index (χ0) is 18.1. The second-order valence-corrected chi connectivity index (χ2v) is 7.90. The van der Waals surface area contributed by atoms with Gasteiger partial charge in [0.05, 0.1) is 5.56 Å². The van der Waals surface area contributed by atoms with Crippen LogP contribution in [0.3, 0.4) is 0 Å². The van der Waals surface area contributed by atoms with Gasteiger partial charge in [-0.1, -0.05) is 30.3 Å². The van der Waals surface area contributed by atoms with E-state index in [2.05, 4.69) is 65.0 Å². The van der Waals surface area contributed by atoms with E-state index < -0.39 is 0 Å². The molecule has 0 bridgehead atoms. The fourth-order valence-electron chi connectivity index (χ4n) is 4.24. The van der Waals surface area contributed by atoms with Crippen LogP contribution in [-0.2, 0) is 6.54 Å². The first-order chi connectivity index (χ1) is 12.6. The van der Waals surface area contributed by atoms with E-state index in [9.17, 15) is 4.79 Å². The fourth-order valence-corrected chi connectivity index (χ4v) is 4.24. The Labute approximate surface area is 156 Å². The minimum Gasteiger partial charge on any atom is -0.349 e. The Hall–Kier alpha value is -2.07. The summed E-state index contributed by atoms with van der Waals surface area (Å²) in [5.74, 6) is 0.103. The average Bonchev–Trinajstić information content (AvgIpc) is 3.42. The summed E-state index contributed by atoms with van der Waals surface area (Å²) in [6.07, 6.45) is 4.55. The molecule has 1 aliphatic heterocycles. The molecule has 4 heteroatoms. The molecule has 2 heterocycles. The van der Waals surface area contributed by atoms with Crippen LogP contribution >= 0.6 is 0 Å². The van der Waals surface area contributed by atoms with Crippen molar-refractivity contribution < 1.29 is 4.79 Å². The van der Waals surface area contributed by atoms with E-state index in [1.807, 2.05) is 0 Å². The van der Waals surface area contributed by atoms with E-state index in [4.69, 9.17) is 0 Å². The summed E-state index contributed by atoms with van der Waals surface area (Å²) in [6.45, 7) is 7.29. The number of carbonyl (C=O) groups is 1. The van der Waals surface area contributed by atoms with Gasteiger partial charge >= 0.3 is 0 Å². The Morgan fingerprint density at radius 3 is 2.42 bits per heavy atom. The van der Waals surface area contributed by atoms with Gasteiger partial charge in [0.25, 0.3) is 5.91 Å². The van der Waals surface area contributed by atoms with Crippen molar-refractivity contribution in [1.82, 2.24) is 14.8 Å². The summed E-state index contributed by atoms with van der Waals surface area (Å²) in [5, 5.41) is 3.28. The molecule has 26 heavy (non-hydrogen) atoms. The van der Waals surface area contributed by atoms with Gasteiger partial charge in [-0.2, -0.15) is 0 Å². The molecular weight excluding hydrogens is 322 g/mol. The van der Waals surface area contributed by atoms with Gasteiger partial charge in [0.2, 0.25) is 0 Å². The lowest BCUT2D eigenvalue weighted by molar-refractivity contribution is 0.0908. The lowest BCUT2D eigenvalue weighted by Gasteiger charge is -2.32. The van der Waals surface area contributed by atoms with Gasteiger partial charge in [-0.25, -0.2) is 0 Å². The van der Waals surface area contributed by atoms with Crippen LogP contribution in [0.25, 0.3) is 0 Å². The van der Waals surface area contributed by atoms with Crippen molar-refractivity contribution in [2.24, 2.45) is 0 Å². The van der Waals surface area contributed by atoms with Crippen molar-refractivity contribution in [3.8, 4) is 0 Å². The maximum Gasteiger partial charge on any atom is 0.253 e. The predicted octanol–water partition coefficient (Wildman–Crippen LogP) is 3.83. The first-order valence-electron chi connectivity index (χ1n) is 9.87. The molecule has 1 aromatic carbocycles. The number of rotatable bonds is 5. The van der Waals surface area contributed by atoms with Crippen molar-refractivity contribution in [3.63, 3.8) is 0 Å². The zero-order valence-corrected chi connectivity index (χ0v) is 15.9. The number of aromatic nitrogens is 1. The molecule has 0 unspecified atom stereocenters. The Bertz CT molecular complexity index is 768. The van der Waals surface area contributed by atoms with Gasteiger partial charge in [-0.05, 0) is 51.2 Å². The molecule has 4 rings (SSSR count). The molecular formula is C22H29N3O. The molecule has 1 saturated carbocycles. The molecule has 1 aliphatic carbocycles. The molecule has 1 N–H and O–H groups in total. The highest BCUT2D eigenvalue weighted by atomic mass is 16.1. The highest BCUT2D eigenvalue weighted by Gasteiger charge is 2.29. The third kappa shape index (κ3) is 3.70. The Kier molecular flexibility index (Phi) is 4.86. The number of amides is 1. The van der Waals surface area contributed by atoms with Gasteiger partial charge < -0.3 is 9.88 Å². The molecule has 2 aromatic rings. The minimum atomic E-state index is 0.103. The first kappa shape index (κ1) is 17.3. The van der Waals surface area contributed by atoms with E-state index in [0.29, 0.717) is 12.1 Å². The highest BCUT2D eigenvalue weighted by molar-refractivity contribution is 5.96. The predicted molar refractivity (Wildman–Crippen MR) is 104 cm³/mol. The lowest BCUT2D eigenvalue weighted by Crippen LogP contribution is -2.44. The molecule has 2 fully saturated rings. The van der Waals surface area contributed by atoms with E-state index in [1.54, 1.807) is 0 Å². The van der Waals surface area contributed by atoms with E-state index in [1.165, 1.54) is 24.1 Å². The monoisotopic (exact) mass is 351 g/mol. The van der Waals surface area contributed by atoms with E-state index in [0.717, 1.165) is 43.7 Å². The van der Waals surface area contributed by atoms with Crippen LogP contribution in [0.4, 0.5) is 0 Å². The molecule has 2 aliphatic rings. The van der Waals surface area contributed by atoms with Crippen LogP contribution in [0, 0.1) is 13.8 Å². The van der Waals surface area contributed by atoms with Gasteiger partial charge in [0.1, 0.15) is 0 Å². The molecule has 0 atom stereocenters. The Balaban J connectivity index is 1.32. The van der Waals surface area contributed by atoms with Crippen molar-refractivity contribution in [1.29, 1.82) is 0 Å². The SMILES string of the molecule is Cc1cc(C(=O)NC2CCN(Cc3ccccc3)CC2)c(C)n1C1CC1. The van der Waals surface area contributed by atoms with Crippen LogP contribution in [0.5, 0.6) is 0 Å². The first-order valence-corrected chi connectivity index (χ1v) is 9.87.